The third-order valence-corrected chi connectivity index (χ3v) is 2.73. The first kappa shape index (κ1) is 9.30. The fraction of sp³-hybridized carbons (Fsp3) is 0. The van der Waals surface area contributed by atoms with E-state index in [1.54, 1.807) is 12.1 Å². The molecule has 80 valence electrons. The van der Waals surface area contributed by atoms with Crippen LogP contribution in [0.4, 0.5) is 0 Å². The van der Waals surface area contributed by atoms with Gasteiger partial charge in [0.2, 0.25) is 0 Å². The molecule has 0 aliphatic heterocycles. The summed E-state index contributed by atoms with van der Waals surface area (Å²) >= 11 is 5.92. The molecule has 1 aromatic carbocycles. The Morgan fingerprint density at radius 3 is 2.94 bits per heavy atom. The fourth-order valence-corrected chi connectivity index (χ4v) is 1.89. The lowest BCUT2D eigenvalue weighted by atomic mass is 10.3. The van der Waals surface area contributed by atoms with Gasteiger partial charge in [-0.1, -0.05) is 11.6 Å². The van der Waals surface area contributed by atoms with Crippen LogP contribution >= 0.6 is 11.6 Å². The Labute approximate surface area is 96.6 Å². The van der Waals surface area contributed by atoms with Crippen molar-refractivity contribution in [2.45, 2.75) is 0 Å². The van der Waals surface area contributed by atoms with Gasteiger partial charge in [-0.3, -0.25) is 0 Å². The van der Waals surface area contributed by atoms with E-state index in [2.05, 4.69) is 9.97 Å². The van der Waals surface area contributed by atoms with Crippen molar-refractivity contribution in [1.82, 2.24) is 14.6 Å². The Kier molecular flexibility index (Phi) is 1.91. The van der Waals surface area contributed by atoms with Gasteiger partial charge in [-0.15, -0.1) is 0 Å². The van der Waals surface area contributed by atoms with Crippen LogP contribution in [0.5, 0.6) is 0 Å². The summed E-state index contributed by atoms with van der Waals surface area (Å²) in [6.07, 6.45) is 1.83. The van der Waals surface area contributed by atoms with E-state index in [0.717, 1.165) is 16.7 Å². The number of halogens is 1. The highest BCUT2D eigenvalue weighted by Gasteiger charge is 2.10. The second-order valence-corrected chi connectivity index (χ2v) is 3.96. The molecule has 0 radical (unpaired) electrons. The highest BCUT2D eigenvalue weighted by molar-refractivity contribution is 6.31. The van der Waals surface area contributed by atoms with Gasteiger partial charge in [-0.25, -0.2) is 9.66 Å². The van der Waals surface area contributed by atoms with Gasteiger partial charge in [0.15, 0.2) is 5.82 Å². The quantitative estimate of drug-likeness (QED) is 0.633. The number of H-pyrrole nitrogens is 1. The second kappa shape index (κ2) is 3.28. The standard InChI is InChI=1S/C11H9ClN4/c12-7-3-4-8-10(6-7)16(13)11(15-8)9-2-1-5-14-9/h1-6,14H,13H2. The van der Waals surface area contributed by atoms with Gasteiger partial charge in [0, 0.05) is 11.2 Å². The average molecular weight is 233 g/mol. The molecule has 0 spiro atoms. The van der Waals surface area contributed by atoms with E-state index in [0.29, 0.717) is 10.8 Å². The van der Waals surface area contributed by atoms with Crippen LogP contribution in [0.3, 0.4) is 0 Å². The van der Waals surface area contributed by atoms with Gasteiger partial charge in [-0.05, 0) is 30.3 Å². The summed E-state index contributed by atoms with van der Waals surface area (Å²) in [5.41, 5.74) is 2.53. The molecule has 0 saturated carbocycles. The van der Waals surface area contributed by atoms with Gasteiger partial charge in [0.05, 0.1) is 16.7 Å². The molecule has 16 heavy (non-hydrogen) atoms. The first-order chi connectivity index (χ1) is 7.75. The largest absolute Gasteiger partial charge is 0.359 e. The Balaban J connectivity index is 2.32. The number of nitrogens with one attached hydrogen (secondary N) is 1. The molecule has 0 saturated heterocycles. The molecule has 0 bridgehead atoms. The minimum absolute atomic E-state index is 0.650. The number of benzene rings is 1. The fourth-order valence-electron chi connectivity index (χ4n) is 1.73. The van der Waals surface area contributed by atoms with Gasteiger partial charge < -0.3 is 10.8 Å². The van der Waals surface area contributed by atoms with Crippen molar-refractivity contribution in [2.24, 2.45) is 0 Å². The van der Waals surface area contributed by atoms with Crippen molar-refractivity contribution in [2.75, 3.05) is 5.84 Å². The summed E-state index contributed by atoms with van der Waals surface area (Å²) in [6, 6.07) is 9.28. The van der Waals surface area contributed by atoms with Crippen molar-refractivity contribution < 1.29 is 0 Å². The minimum Gasteiger partial charge on any atom is -0.359 e. The number of fused-ring (bicyclic) bond motifs is 1. The Morgan fingerprint density at radius 2 is 2.19 bits per heavy atom. The van der Waals surface area contributed by atoms with Gasteiger partial charge in [0.1, 0.15) is 0 Å². The maximum absolute atomic E-state index is 5.97. The molecular formula is C11H9ClN4. The number of nitrogen functional groups attached to an aromatic ring is 1. The van der Waals surface area contributed by atoms with Crippen molar-refractivity contribution >= 4 is 22.6 Å². The van der Waals surface area contributed by atoms with Crippen LogP contribution in [0.2, 0.25) is 5.02 Å². The van der Waals surface area contributed by atoms with Crippen molar-refractivity contribution in [3.63, 3.8) is 0 Å². The van der Waals surface area contributed by atoms with Crippen molar-refractivity contribution in [3.05, 3.63) is 41.6 Å². The molecule has 3 aromatic rings. The lowest BCUT2D eigenvalue weighted by Gasteiger charge is -1.99. The minimum atomic E-state index is 0.650. The number of rotatable bonds is 1. The second-order valence-electron chi connectivity index (χ2n) is 3.52. The first-order valence-corrected chi connectivity index (χ1v) is 5.20. The average Bonchev–Trinajstić information content (AvgIpc) is 2.87. The zero-order valence-corrected chi connectivity index (χ0v) is 9.07. The van der Waals surface area contributed by atoms with Gasteiger partial charge in [-0.2, -0.15) is 0 Å². The molecule has 3 rings (SSSR count). The van der Waals surface area contributed by atoms with E-state index >= 15 is 0 Å². The number of nitrogens with two attached hydrogens (primary N) is 1. The number of aromatic nitrogens is 3. The molecule has 0 amide bonds. The van der Waals surface area contributed by atoms with E-state index in [-0.39, 0.29) is 0 Å². The van der Waals surface area contributed by atoms with E-state index in [1.807, 2.05) is 24.4 Å². The smallest absolute Gasteiger partial charge is 0.176 e. The summed E-state index contributed by atoms with van der Waals surface area (Å²) in [5.74, 6) is 6.67. The molecule has 3 N–H and O–H groups in total. The molecule has 0 aliphatic rings. The zero-order valence-electron chi connectivity index (χ0n) is 8.31. The summed E-state index contributed by atoms with van der Waals surface area (Å²) in [5, 5.41) is 0.650. The van der Waals surface area contributed by atoms with E-state index in [9.17, 15) is 0 Å². The summed E-state index contributed by atoms with van der Waals surface area (Å²) < 4.78 is 1.53. The molecule has 0 fully saturated rings. The molecular weight excluding hydrogens is 224 g/mol. The molecule has 2 aromatic heterocycles. The van der Waals surface area contributed by atoms with Crippen LogP contribution in [0.15, 0.2) is 36.5 Å². The summed E-state index contributed by atoms with van der Waals surface area (Å²) in [4.78, 5) is 7.52. The topological polar surface area (TPSA) is 59.6 Å². The highest BCUT2D eigenvalue weighted by Crippen LogP contribution is 2.23. The molecule has 0 unspecified atom stereocenters. The molecule has 0 aliphatic carbocycles. The normalized spacial score (nSPS) is 11.1. The first-order valence-electron chi connectivity index (χ1n) is 4.82. The third-order valence-electron chi connectivity index (χ3n) is 2.49. The Bertz CT molecular complexity index is 639. The molecule has 0 atom stereocenters. The number of nitrogens with zero attached hydrogens (tertiary/aromatic N) is 2. The highest BCUT2D eigenvalue weighted by atomic mass is 35.5. The van der Waals surface area contributed by atoms with Crippen LogP contribution in [0.1, 0.15) is 0 Å². The van der Waals surface area contributed by atoms with Gasteiger partial charge >= 0.3 is 0 Å². The zero-order chi connectivity index (χ0) is 11.1. The number of hydrogen-bond acceptors (Lipinski definition) is 2. The van der Waals surface area contributed by atoms with E-state index in [4.69, 9.17) is 17.4 Å². The van der Waals surface area contributed by atoms with Crippen molar-refractivity contribution in [1.29, 1.82) is 0 Å². The molecule has 4 nitrogen and oxygen atoms in total. The van der Waals surface area contributed by atoms with Crippen LogP contribution in [-0.4, -0.2) is 14.6 Å². The third kappa shape index (κ3) is 1.27. The van der Waals surface area contributed by atoms with Crippen LogP contribution in [0.25, 0.3) is 22.6 Å². The summed E-state index contributed by atoms with van der Waals surface area (Å²) in [6.45, 7) is 0. The number of imidazole rings is 1. The predicted molar refractivity (Wildman–Crippen MR) is 64.7 cm³/mol. The van der Waals surface area contributed by atoms with E-state index in [1.165, 1.54) is 4.68 Å². The van der Waals surface area contributed by atoms with Crippen molar-refractivity contribution in [3.8, 4) is 11.5 Å². The Morgan fingerprint density at radius 1 is 1.31 bits per heavy atom. The monoisotopic (exact) mass is 232 g/mol. The Hall–Kier alpha value is -1.94. The maximum Gasteiger partial charge on any atom is 0.176 e. The van der Waals surface area contributed by atoms with Crippen LogP contribution in [0, 0.1) is 0 Å². The number of hydrogen-bond donors (Lipinski definition) is 2. The SMILES string of the molecule is Nn1c(-c2ccc[nH]2)nc2ccc(Cl)cc21. The van der Waals surface area contributed by atoms with E-state index < -0.39 is 0 Å². The molecule has 5 heteroatoms. The summed E-state index contributed by atoms with van der Waals surface area (Å²) in [7, 11) is 0. The number of aromatic amines is 1. The molecule has 2 heterocycles. The van der Waals surface area contributed by atoms with Crippen LogP contribution < -0.4 is 5.84 Å². The lowest BCUT2D eigenvalue weighted by Crippen LogP contribution is -2.09. The maximum atomic E-state index is 5.97. The lowest BCUT2D eigenvalue weighted by molar-refractivity contribution is 1.04. The predicted octanol–water partition coefficient (Wildman–Crippen LogP) is 2.40. The van der Waals surface area contributed by atoms with Gasteiger partial charge in [0.25, 0.3) is 0 Å². The van der Waals surface area contributed by atoms with Crippen LogP contribution in [-0.2, 0) is 0 Å².